The summed E-state index contributed by atoms with van der Waals surface area (Å²) in [6.07, 6.45) is 60.6. The first-order valence-electron chi connectivity index (χ1n) is 31.0. The Labute approximate surface area is 509 Å². The lowest BCUT2D eigenvalue weighted by molar-refractivity contribution is -0.00668. The summed E-state index contributed by atoms with van der Waals surface area (Å²) in [7, 11) is 0. The summed E-state index contributed by atoms with van der Waals surface area (Å²) in [6.45, 7) is 38.8. The quantitative estimate of drug-likeness (QED) is 0.0806. The number of hydrogen-bond acceptors (Lipinski definition) is 6. The smallest absolute Gasteiger partial charge is 0.0979 e. The minimum Gasteiger partial charge on any atom is -0.393 e. The highest BCUT2D eigenvalue weighted by molar-refractivity contribution is 5.41. The average molecular weight is 1140 g/mol. The van der Waals surface area contributed by atoms with Gasteiger partial charge < -0.3 is 29.9 Å². The molecule has 6 nitrogen and oxygen atoms in total. The van der Waals surface area contributed by atoms with E-state index in [-0.39, 0.29) is 70.5 Å². The maximum Gasteiger partial charge on any atom is 0.0979 e. The van der Waals surface area contributed by atoms with Crippen LogP contribution in [0.15, 0.2) is 236 Å². The highest BCUT2D eigenvalue weighted by Gasteiger charge is 2.44. The van der Waals surface area contributed by atoms with Gasteiger partial charge in [-0.15, -0.1) is 0 Å². The van der Waals surface area contributed by atoms with Crippen LogP contribution >= 0.6 is 0 Å². The Morgan fingerprint density at radius 1 is 0.381 bits per heavy atom. The molecule has 0 radical (unpaired) electrons. The lowest BCUT2D eigenvalue weighted by Crippen LogP contribution is -2.36. The van der Waals surface area contributed by atoms with Crippen LogP contribution in [0.4, 0.5) is 0 Å². The molecule has 84 heavy (non-hydrogen) atoms. The Bertz CT molecular complexity index is 2760. The second-order valence-electron chi connectivity index (χ2n) is 27.7. The Balaban J connectivity index is 0.000000307. The average Bonchev–Trinajstić information content (AvgIpc) is 2.96. The molecule has 8 atom stereocenters. The first-order chi connectivity index (χ1) is 39.3. The third-order valence-electron chi connectivity index (χ3n) is 17.4. The molecule has 2 aliphatic heterocycles. The van der Waals surface area contributed by atoms with E-state index in [0.717, 1.165) is 38.5 Å². The van der Waals surface area contributed by atoms with Crippen molar-refractivity contribution >= 4 is 0 Å². The fourth-order valence-electron chi connectivity index (χ4n) is 12.9. The van der Waals surface area contributed by atoms with Crippen molar-refractivity contribution in [3.63, 3.8) is 0 Å². The Morgan fingerprint density at radius 2 is 0.655 bits per heavy atom. The van der Waals surface area contributed by atoms with Crippen molar-refractivity contribution in [3.8, 4) is 0 Å². The molecular formula is C78H108O6. The lowest BCUT2D eigenvalue weighted by Gasteiger charge is -2.38. The molecule has 4 N–H and O–H groups in total. The van der Waals surface area contributed by atoms with Crippen LogP contribution in [0.3, 0.4) is 0 Å². The van der Waals surface area contributed by atoms with Gasteiger partial charge in [-0.05, 0) is 175 Å². The number of aliphatic hydroxyl groups is 4. The van der Waals surface area contributed by atoms with E-state index in [9.17, 15) is 20.4 Å². The third-order valence-corrected chi connectivity index (χ3v) is 17.4. The van der Waals surface area contributed by atoms with E-state index in [1.165, 1.54) is 78.0 Å². The molecule has 456 valence electrons. The Morgan fingerprint density at radius 3 is 0.964 bits per heavy atom. The highest BCUT2D eigenvalue weighted by atomic mass is 16.5. The van der Waals surface area contributed by atoms with Crippen LogP contribution < -0.4 is 0 Å². The molecule has 4 aliphatic carbocycles. The van der Waals surface area contributed by atoms with Crippen LogP contribution in [0, 0.1) is 21.7 Å². The van der Waals surface area contributed by atoms with E-state index in [4.69, 9.17) is 9.47 Å². The summed E-state index contributed by atoms with van der Waals surface area (Å²) in [4.78, 5) is 0. The van der Waals surface area contributed by atoms with Crippen molar-refractivity contribution in [2.45, 2.75) is 225 Å². The van der Waals surface area contributed by atoms with Gasteiger partial charge in [0.15, 0.2) is 0 Å². The van der Waals surface area contributed by atoms with Crippen molar-refractivity contribution < 1.29 is 29.9 Å². The second kappa shape index (κ2) is 31.3. The molecule has 2 saturated carbocycles. The number of aliphatic hydroxyl groups excluding tert-OH is 4. The molecule has 0 aromatic carbocycles. The maximum absolute atomic E-state index is 10.2. The van der Waals surface area contributed by atoms with Crippen molar-refractivity contribution in [2.24, 2.45) is 21.7 Å². The number of allylic oxidation sites excluding steroid dienone is 32. The second-order valence-corrected chi connectivity index (χ2v) is 27.7. The molecular weight excluding hydrogens is 1030 g/mol. The topological polar surface area (TPSA) is 99.4 Å². The first kappa shape index (κ1) is 69.3. The molecule has 0 aromatic heterocycles. The van der Waals surface area contributed by atoms with Gasteiger partial charge in [0.05, 0.1) is 48.8 Å². The monoisotopic (exact) mass is 1140 g/mol. The minimum atomic E-state index is -0.284. The van der Waals surface area contributed by atoms with E-state index in [1.807, 2.05) is 0 Å². The molecule has 0 aromatic rings. The molecule has 0 saturated heterocycles. The molecule has 6 aliphatic rings. The van der Waals surface area contributed by atoms with Crippen LogP contribution in [-0.4, -0.2) is 69.3 Å². The molecule has 0 amide bonds. The van der Waals surface area contributed by atoms with Crippen LogP contribution in [0.5, 0.6) is 0 Å². The van der Waals surface area contributed by atoms with Gasteiger partial charge in [-0.25, -0.2) is 0 Å². The number of rotatable bonds is 18. The molecule has 2 fully saturated rings. The van der Waals surface area contributed by atoms with Crippen molar-refractivity contribution in [3.05, 3.63) is 236 Å². The number of hydrogen-bond donors (Lipinski definition) is 4. The van der Waals surface area contributed by atoms with Gasteiger partial charge in [0.25, 0.3) is 0 Å². The zero-order chi connectivity index (χ0) is 62.2. The van der Waals surface area contributed by atoms with Gasteiger partial charge in [0.2, 0.25) is 0 Å². The third kappa shape index (κ3) is 21.5. The zero-order valence-electron chi connectivity index (χ0n) is 54.9. The van der Waals surface area contributed by atoms with Crippen LogP contribution in [0.2, 0.25) is 0 Å². The predicted molar refractivity (Wildman–Crippen MR) is 358 cm³/mol. The molecule has 6 rings (SSSR count). The van der Waals surface area contributed by atoms with Gasteiger partial charge >= 0.3 is 0 Å². The van der Waals surface area contributed by atoms with E-state index >= 15 is 0 Å². The highest BCUT2D eigenvalue weighted by Crippen LogP contribution is 2.48. The Hall–Kier alpha value is -5.44. The van der Waals surface area contributed by atoms with Gasteiger partial charge in [-0.2, -0.15) is 0 Å². The maximum atomic E-state index is 10.2. The summed E-state index contributed by atoms with van der Waals surface area (Å²) >= 11 is 0. The van der Waals surface area contributed by atoms with Gasteiger partial charge in [-0.3, -0.25) is 0 Å². The fourth-order valence-corrected chi connectivity index (χ4v) is 12.9. The summed E-state index contributed by atoms with van der Waals surface area (Å²) in [5.74, 6) is 0. The van der Waals surface area contributed by atoms with E-state index in [0.29, 0.717) is 12.8 Å². The number of fused-ring (bicyclic) bond motifs is 2. The van der Waals surface area contributed by atoms with Crippen LogP contribution in [0.25, 0.3) is 0 Å². The molecule has 6 heteroatoms. The minimum absolute atomic E-state index is 0.00307. The zero-order valence-corrected chi connectivity index (χ0v) is 54.9. The first-order valence-corrected chi connectivity index (χ1v) is 31.0. The van der Waals surface area contributed by atoms with E-state index in [1.54, 1.807) is 0 Å². The summed E-state index contributed by atoms with van der Waals surface area (Å²) in [5.41, 5.74) is 17.4. The largest absolute Gasteiger partial charge is 0.393 e. The molecule has 8 unspecified atom stereocenters. The summed E-state index contributed by atoms with van der Waals surface area (Å²) in [5, 5.41) is 40.6. The van der Waals surface area contributed by atoms with Gasteiger partial charge in [0, 0.05) is 12.8 Å². The fraction of sp³-hybridized carbons (Fsp3) is 0.487. The van der Waals surface area contributed by atoms with Crippen LogP contribution in [-0.2, 0) is 9.47 Å². The van der Waals surface area contributed by atoms with Gasteiger partial charge in [-0.1, -0.05) is 246 Å². The van der Waals surface area contributed by atoms with Crippen LogP contribution in [0.1, 0.15) is 176 Å². The van der Waals surface area contributed by atoms with E-state index < -0.39 is 0 Å². The lowest BCUT2D eigenvalue weighted by atomic mass is 9.71. The van der Waals surface area contributed by atoms with E-state index in [2.05, 4.69) is 283 Å². The van der Waals surface area contributed by atoms with Crippen molar-refractivity contribution in [2.75, 3.05) is 0 Å². The SMILES string of the molecule is CC1=C(/C=C/C(C)=C/C=C/C(C)=C/C=C/C=C(C)/C=C/C=C(\C)C2C=C3C(CC(O)CC3(C)C)O2)C(C)(C)CC(O)C1.CC1=C(/C=C/C(C)=C/C=C/C(C)=C/C=C/C=C(C)/C=C/C=C(\C)C2C=C3C(CC(O)CC3(C)C)O2)C(C)(C)CC(O)C1. The van der Waals surface area contributed by atoms with Crippen molar-refractivity contribution in [1.82, 2.24) is 0 Å². The molecule has 0 bridgehead atoms. The normalized spacial score (nSPS) is 29.5. The van der Waals surface area contributed by atoms with Crippen molar-refractivity contribution in [1.29, 1.82) is 0 Å². The molecule has 2 heterocycles. The Kier molecular flexibility index (Phi) is 25.8. The number of ether oxygens (including phenoxy) is 2. The predicted octanol–water partition coefficient (Wildman–Crippen LogP) is 18.7. The van der Waals surface area contributed by atoms with Gasteiger partial charge in [0.1, 0.15) is 0 Å². The summed E-state index contributed by atoms with van der Waals surface area (Å²) < 4.78 is 12.6. The molecule has 0 spiro atoms. The summed E-state index contributed by atoms with van der Waals surface area (Å²) in [6, 6.07) is 0. The standard InChI is InChI=1S/2C39H54O3/c2*1-27(16-12-17-29(3)20-21-34-31(5)22-32(40)25-38(34,6)7)14-10-11-15-28(2)18-13-19-30(4)36-24-35-37(42-36)23-33(41)26-39(35,8)9/h2*10-21,24,32-33,36-37,40-41H,22-23,25-26H2,1-9H3/b2*11-10+,16-12+,18-13+,21-20+,27-14+,28-15+,29-17+,30-19+.